The predicted molar refractivity (Wildman–Crippen MR) is 120 cm³/mol. The molecule has 1 aliphatic heterocycles. The average molecular weight is 413 g/mol. The first-order valence-corrected chi connectivity index (χ1v) is 10.3. The molecule has 1 fully saturated rings. The number of nitrogens with zero attached hydrogens (tertiary/aromatic N) is 4. The number of anilines is 2. The van der Waals surface area contributed by atoms with E-state index in [0.717, 1.165) is 35.6 Å². The minimum absolute atomic E-state index is 0.168. The normalized spacial score (nSPS) is 18.4. The molecule has 0 spiro atoms. The summed E-state index contributed by atoms with van der Waals surface area (Å²) in [5, 5.41) is 6.34. The summed E-state index contributed by atoms with van der Waals surface area (Å²) in [6, 6.07) is 12.9. The Labute approximate surface area is 179 Å². The Morgan fingerprint density at radius 2 is 2.00 bits per heavy atom. The maximum absolute atomic E-state index is 12.5. The summed E-state index contributed by atoms with van der Waals surface area (Å²) in [5.41, 5.74) is 9.20. The van der Waals surface area contributed by atoms with Crippen LogP contribution in [0, 0.1) is 5.92 Å². The summed E-state index contributed by atoms with van der Waals surface area (Å²) in [7, 11) is 0. The minimum atomic E-state index is -0.217. The van der Waals surface area contributed by atoms with Crippen LogP contribution in [-0.2, 0) is 0 Å². The van der Waals surface area contributed by atoms with Gasteiger partial charge in [0.25, 0.3) is 5.91 Å². The van der Waals surface area contributed by atoms with E-state index in [-0.39, 0.29) is 11.9 Å². The SMILES string of the molecule is C[C@@H]1CN[C@H](c2nc(-c3ccc(C(=O)Nc4ccccn4)cc3)c3c(N)nccn23)C1. The molecule has 0 bridgehead atoms. The number of hydrogen-bond acceptors (Lipinski definition) is 6. The highest BCUT2D eigenvalue weighted by Gasteiger charge is 2.28. The predicted octanol–water partition coefficient (Wildman–Crippen LogP) is 3.30. The van der Waals surface area contributed by atoms with Crippen molar-refractivity contribution in [3.8, 4) is 11.3 Å². The standard InChI is InChI=1S/C23H23N7O/c1-14-12-17(27-13-14)22-29-19(20-21(24)26-10-11-30(20)22)15-5-7-16(8-6-15)23(31)28-18-4-2-3-9-25-18/h2-11,14,17,27H,12-13H2,1H3,(H2,24,26)(H,25,28,31)/t14-,17-/m0/s1. The van der Waals surface area contributed by atoms with E-state index in [9.17, 15) is 4.79 Å². The average Bonchev–Trinajstić information content (AvgIpc) is 3.39. The summed E-state index contributed by atoms with van der Waals surface area (Å²) in [6.45, 7) is 3.20. The Hall–Kier alpha value is -3.78. The summed E-state index contributed by atoms with van der Waals surface area (Å²) < 4.78 is 2.02. The Bertz CT molecular complexity index is 1230. The molecule has 0 aliphatic carbocycles. The van der Waals surface area contributed by atoms with Crippen molar-refractivity contribution in [3.05, 3.63) is 72.4 Å². The molecule has 2 atom stereocenters. The maximum Gasteiger partial charge on any atom is 0.256 e. The van der Waals surface area contributed by atoms with Gasteiger partial charge >= 0.3 is 0 Å². The molecule has 4 aromatic rings. The zero-order chi connectivity index (χ0) is 21.4. The van der Waals surface area contributed by atoms with Crippen LogP contribution in [0.5, 0.6) is 0 Å². The van der Waals surface area contributed by atoms with Gasteiger partial charge in [-0.25, -0.2) is 15.0 Å². The lowest BCUT2D eigenvalue weighted by molar-refractivity contribution is 0.102. The topological polar surface area (TPSA) is 110 Å². The van der Waals surface area contributed by atoms with Gasteiger partial charge in [-0.05, 0) is 43.1 Å². The van der Waals surface area contributed by atoms with E-state index in [1.165, 1.54) is 0 Å². The molecule has 3 aromatic heterocycles. The fourth-order valence-electron chi connectivity index (χ4n) is 4.05. The van der Waals surface area contributed by atoms with Crippen LogP contribution in [0.3, 0.4) is 0 Å². The smallest absolute Gasteiger partial charge is 0.256 e. The van der Waals surface area contributed by atoms with Crippen LogP contribution in [0.1, 0.15) is 35.6 Å². The number of fused-ring (bicyclic) bond motifs is 1. The third-order valence-corrected chi connectivity index (χ3v) is 5.60. The van der Waals surface area contributed by atoms with Crippen LogP contribution in [0.4, 0.5) is 11.6 Å². The molecule has 8 heteroatoms. The minimum Gasteiger partial charge on any atom is -0.382 e. The summed E-state index contributed by atoms with van der Waals surface area (Å²) in [4.78, 5) is 25.9. The molecule has 4 N–H and O–H groups in total. The van der Waals surface area contributed by atoms with Crippen LogP contribution in [0.15, 0.2) is 61.1 Å². The van der Waals surface area contributed by atoms with Crippen molar-refractivity contribution in [3.63, 3.8) is 0 Å². The van der Waals surface area contributed by atoms with Crippen LogP contribution >= 0.6 is 0 Å². The number of amides is 1. The van der Waals surface area contributed by atoms with Gasteiger partial charge in [-0.15, -0.1) is 0 Å². The lowest BCUT2D eigenvalue weighted by Crippen LogP contribution is -2.16. The van der Waals surface area contributed by atoms with Gasteiger partial charge in [-0.1, -0.05) is 25.1 Å². The van der Waals surface area contributed by atoms with Gasteiger partial charge in [0.1, 0.15) is 28.7 Å². The van der Waals surface area contributed by atoms with Gasteiger partial charge in [0.05, 0.1) is 6.04 Å². The fraction of sp³-hybridized carbons (Fsp3) is 0.217. The number of benzene rings is 1. The molecule has 1 amide bonds. The number of nitrogen functional groups attached to an aromatic ring is 1. The van der Waals surface area contributed by atoms with Crippen LogP contribution < -0.4 is 16.4 Å². The number of nitrogens with two attached hydrogens (primary N) is 1. The van der Waals surface area contributed by atoms with E-state index in [1.807, 2.05) is 28.8 Å². The maximum atomic E-state index is 12.5. The number of carbonyl (C=O) groups is 1. The second-order valence-corrected chi connectivity index (χ2v) is 7.90. The van der Waals surface area contributed by atoms with Gasteiger partial charge in [0.2, 0.25) is 0 Å². The fourth-order valence-corrected chi connectivity index (χ4v) is 4.05. The summed E-state index contributed by atoms with van der Waals surface area (Å²) >= 11 is 0. The third kappa shape index (κ3) is 3.62. The molecule has 0 unspecified atom stereocenters. The zero-order valence-corrected chi connectivity index (χ0v) is 17.1. The number of imidazole rings is 1. The molecular weight excluding hydrogens is 390 g/mol. The van der Waals surface area contributed by atoms with Crippen molar-refractivity contribution in [2.45, 2.75) is 19.4 Å². The molecule has 5 rings (SSSR count). The molecule has 156 valence electrons. The molecule has 1 aromatic carbocycles. The molecule has 0 saturated carbocycles. The van der Waals surface area contributed by atoms with Crippen LogP contribution in [-0.4, -0.2) is 31.8 Å². The molecule has 31 heavy (non-hydrogen) atoms. The molecule has 8 nitrogen and oxygen atoms in total. The number of hydrogen-bond donors (Lipinski definition) is 3. The van der Waals surface area contributed by atoms with Crippen molar-refractivity contribution >= 4 is 23.1 Å². The molecule has 1 aliphatic rings. The van der Waals surface area contributed by atoms with E-state index in [0.29, 0.717) is 23.1 Å². The number of carbonyl (C=O) groups excluding carboxylic acids is 1. The number of rotatable bonds is 4. The second kappa shape index (κ2) is 7.81. The van der Waals surface area contributed by atoms with Gasteiger partial charge in [0, 0.05) is 29.7 Å². The van der Waals surface area contributed by atoms with Gasteiger partial charge in [0.15, 0.2) is 0 Å². The van der Waals surface area contributed by atoms with Crippen molar-refractivity contribution < 1.29 is 4.79 Å². The van der Waals surface area contributed by atoms with Crippen LogP contribution in [0.2, 0.25) is 0 Å². The van der Waals surface area contributed by atoms with Gasteiger partial charge < -0.3 is 16.4 Å². The van der Waals surface area contributed by atoms with Crippen LogP contribution in [0.25, 0.3) is 16.8 Å². The number of aromatic nitrogens is 4. The highest BCUT2D eigenvalue weighted by atomic mass is 16.1. The Morgan fingerprint density at radius 3 is 2.71 bits per heavy atom. The Kier molecular flexibility index (Phi) is 4.83. The summed E-state index contributed by atoms with van der Waals surface area (Å²) in [6.07, 6.45) is 6.25. The lowest BCUT2D eigenvalue weighted by atomic mass is 10.1. The first-order valence-electron chi connectivity index (χ1n) is 10.3. The summed E-state index contributed by atoms with van der Waals surface area (Å²) in [5.74, 6) is 2.25. The highest BCUT2D eigenvalue weighted by Crippen LogP contribution is 2.33. The van der Waals surface area contributed by atoms with Crippen molar-refractivity contribution in [1.82, 2.24) is 24.7 Å². The quantitative estimate of drug-likeness (QED) is 0.473. The molecule has 1 saturated heterocycles. The molecule has 0 radical (unpaired) electrons. The first kappa shape index (κ1) is 19.2. The molecule has 4 heterocycles. The monoisotopic (exact) mass is 413 g/mol. The largest absolute Gasteiger partial charge is 0.382 e. The zero-order valence-electron chi connectivity index (χ0n) is 17.1. The van der Waals surface area contributed by atoms with Gasteiger partial charge in [-0.2, -0.15) is 0 Å². The third-order valence-electron chi connectivity index (χ3n) is 5.60. The van der Waals surface area contributed by atoms with Crippen molar-refractivity contribution in [1.29, 1.82) is 0 Å². The van der Waals surface area contributed by atoms with E-state index in [2.05, 4.69) is 27.5 Å². The number of pyridine rings is 1. The van der Waals surface area contributed by atoms with E-state index in [1.54, 1.807) is 36.7 Å². The van der Waals surface area contributed by atoms with E-state index < -0.39 is 0 Å². The molecular formula is C23H23N7O. The Morgan fingerprint density at radius 1 is 1.16 bits per heavy atom. The van der Waals surface area contributed by atoms with Crippen molar-refractivity contribution in [2.24, 2.45) is 5.92 Å². The number of nitrogens with one attached hydrogen (secondary N) is 2. The Balaban J connectivity index is 1.49. The first-order chi connectivity index (χ1) is 15.1. The highest BCUT2D eigenvalue weighted by molar-refractivity contribution is 6.04. The lowest BCUT2D eigenvalue weighted by Gasteiger charge is -2.09. The van der Waals surface area contributed by atoms with E-state index in [4.69, 9.17) is 10.7 Å². The van der Waals surface area contributed by atoms with E-state index >= 15 is 0 Å². The van der Waals surface area contributed by atoms with Gasteiger partial charge in [-0.3, -0.25) is 9.20 Å². The van der Waals surface area contributed by atoms with Crippen molar-refractivity contribution in [2.75, 3.05) is 17.6 Å². The second-order valence-electron chi connectivity index (χ2n) is 7.90.